The smallest absolute Gasteiger partial charge is 0.326 e. The van der Waals surface area contributed by atoms with Crippen LogP contribution in [-0.4, -0.2) is 41.1 Å². The van der Waals surface area contributed by atoms with Crippen molar-refractivity contribution in [1.29, 1.82) is 0 Å². The highest BCUT2D eigenvalue weighted by Crippen LogP contribution is 2.31. The van der Waals surface area contributed by atoms with Crippen molar-refractivity contribution in [2.75, 3.05) is 13.2 Å². The fraction of sp³-hybridized carbons (Fsp3) is 0.300. The minimum atomic E-state index is -0.941. The Kier molecular flexibility index (Phi) is 5.03. The predicted octanol–water partition coefficient (Wildman–Crippen LogP) is 3.44. The summed E-state index contributed by atoms with van der Waals surface area (Å²) in [5.74, 6) is -0.413. The van der Waals surface area contributed by atoms with Crippen LogP contribution in [0.1, 0.15) is 30.1 Å². The molecule has 1 aliphatic rings. The molecule has 5 heteroatoms. The van der Waals surface area contributed by atoms with Crippen molar-refractivity contribution in [3.63, 3.8) is 0 Å². The first-order chi connectivity index (χ1) is 12.1. The van der Waals surface area contributed by atoms with Gasteiger partial charge in [-0.05, 0) is 43.5 Å². The van der Waals surface area contributed by atoms with Crippen LogP contribution in [0, 0.1) is 0 Å². The van der Waals surface area contributed by atoms with Crippen molar-refractivity contribution in [1.82, 2.24) is 4.90 Å². The second-order valence-electron chi connectivity index (χ2n) is 6.00. The molecule has 0 aliphatic carbocycles. The second kappa shape index (κ2) is 7.38. The zero-order valence-electron chi connectivity index (χ0n) is 14.1. The highest BCUT2D eigenvalue weighted by Gasteiger charge is 2.34. The summed E-state index contributed by atoms with van der Waals surface area (Å²) in [4.78, 5) is 25.6. The monoisotopic (exact) mass is 339 g/mol. The van der Waals surface area contributed by atoms with Gasteiger partial charge < -0.3 is 14.7 Å². The van der Waals surface area contributed by atoms with Crippen molar-refractivity contribution in [2.24, 2.45) is 0 Å². The molecule has 2 aromatic rings. The Hall–Kier alpha value is -2.82. The van der Waals surface area contributed by atoms with E-state index in [9.17, 15) is 14.7 Å². The molecule has 0 aromatic heterocycles. The number of carboxylic acids is 1. The van der Waals surface area contributed by atoms with Gasteiger partial charge in [0.25, 0.3) is 5.91 Å². The molecular formula is C20H21NO4. The van der Waals surface area contributed by atoms with Gasteiger partial charge in [-0.2, -0.15) is 0 Å². The molecule has 0 saturated carbocycles. The maximum Gasteiger partial charge on any atom is 0.326 e. The lowest BCUT2D eigenvalue weighted by molar-refractivity contribution is -0.141. The number of para-hydroxylation sites is 1. The fourth-order valence-electron chi connectivity index (χ4n) is 3.24. The van der Waals surface area contributed by atoms with Crippen molar-refractivity contribution < 1.29 is 19.4 Å². The first-order valence-corrected chi connectivity index (χ1v) is 8.48. The van der Waals surface area contributed by atoms with Crippen LogP contribution in [0.3, 0.4) is 0 Å². The second-order valence-corrected chi connectivity index (χ2v) is 6.00. The minimum absolute atomic E-state index is 0.236. The lowest BCUT2D eigenvalue weighted by atomic mass is 10.0. The Morgan fingerprint density at radius 1 is 1.20 bits per heavy atom. The summed E-state index contributed by atoms with van der Waals surface area (Å²) in [5, 5.41) is 9.30. The maximum absolute atomic E-state index is 12.8. The maximum atomic E-state index is 12.8. The molecule has 0 bridgehead atoms. The molecule has 0 unspecified atom stereocenters. The third-order valence-electron chi connectivity index (χ3n) is 4.41. The first kappa shape index (κ1) is 17.0. The van der Waals surface area contributed by atoms with Crippen molar-refractivity contribution in [2.45, 2.75) is 25.8 Å². The average molecular weight is 339 g/mol. The Morgan fingerprint density at radius 2 is 2.00 bits per heavy atom. The number of rotatable bonds is 5. The van der Waals surface area contributed by atoms with Crippen LogP contribution >= 0.6 is 0 Å². The number of carboxylic acid groups (broad SMARTS) is 1. The Morgan fingerprint density at radius 3 is 2.76 bits per heavy atom. The summed E-state index contributed by atoms with van der Waals surface area (Å²) in [6.45, 7) is 2.97. The Balaban J connectivity index is 1.92. The summed E-state index contributed by atoms with van der Waals surface area (Å²) in [6, 6.07) is 14.2. The Labute approximate surface area is 146 Å². The molecule has 130 valence electrons. The molecule has 0 spiro atoms. The van der Waals surface area contributed by atoms with Gasteiger partial charge in [-0.1, -0.05) is 30.3 Å². The van der Waals surface area contributed by atoms with Gasteiger partial charge in [-0.3, -0.25) is 4.79 Å². The third-order valence-corrected chi connectivity index (χ3v) is 4.41. The number of carbonyl (C=O) groups is 2. The third kappa shape index (κ3) is 3.50. The summed E-state index contributed by atoms with van der Waals surface area (Å²) in [6.07, 6.45) is 1.23. The number of amides is 1. The quantitative estimate of drug-likeness (QED) is 0.906. The van der Waals surface area contributed by atoms with Gasteiger partial charge in [-0.15, -0.1) is 0 Å². The molecule has 1 saturated heterocycles. The molecule has 1 aliphatic heterocycles. The lowest BCUT2D eigenvalue weighted by Crippen LogP contribution is -2.40. The molecule has 1 N–H and O–H groups in total. The fourth-order valence-corrected chi connectivity index (χ4v) is 3.24. The van der Waals surface area contributed by atoms with Crippen LogP contribution < -0.4 is 4.74 Å². The molecule has 3 rings (SSSR count). The predicted molar refractivity (Wildman–Crippen MR) is 94.7 cm³/mol. The SMILES string of the molecule is CCOc1ccccc1-c1cccc(C(=O)N2CCC[C@@H]2C(=O)O)c1. The number of ether oxygens (including phenoxy) is 1. The molecule has 1 heterocycles. The number of hydrogen-bond donors (Lipinski definition) is 1. The van der Waals surface area contributed by atoms with E-state index >= 15 is 0 Å². The molecule has 0 radical (unpaired) electrons. The molecule has 25 heavy (non-hydrogen) atoms. The van der Waals surface area contributed by atoms with Crippen molar-refractivity contribution in [3.8, 4) is 16.9 Å². The molecule has 1 fully saturated rings. The highest BCUT2D eigenvalue weighted by atomic mass is 16.5. The summed E-state index contributed by atoms with van der Waals surface area (Å²) < 4.78 is 5.67. The lowest BCUT2D eigenvalue weighted by Gasteiger charge is -2.21. The van der Waals surface area contributed by atoms with Gasteiger partial charge in [0.15, 0.2) is 0 Å². The topological polar surface area (TPSA) is 66.8 Å². The zero-order valence-corrected chi connectivity index (χ0v) is 14.1. The van der Waals surface area contributed by atoms with E-state index in [0.29, 0.717) is 25.1 Å². The van der Waals surface area contributed by atoms with Gasteiger partial charge >= 0.3 is 5.97 Å². The number of carbonyl (C=O) groups excluding carboxylic acids is 1. The summed E-state index contributed by atoms with van der Waals surface area (Å²) >= 11 is 0. The highest BCUT2D eigenvalue weighted by molar-refractivity contribution is 5.98. The normalized spacial score (nSPS) is 16.7. The molecule has 5 nitrogen and oxygen atoms in total. The largest absolute Gasteiger partial charge is 0.493 e. The average Bonchev–Trinajstić information content (AvgIpc) is 3.12. The van der Waals surface area contributed by atoms with Gasteiger partial charge in [0.05, 0.1) is 6.61 Å². The minimum Gasteiger partial charge on any atom is -0.493 e. The number of benzene rings is 2. The van der Waals surface area contributed by atoms with E-state index < -0.39 is 12.0 Å². The molecular weight excluding hydrogens is 318 g/mol. The number of aliphatic carboxylic acids is 1. The van der Waals surface area contributed by atoms with E-state index in [4.69, 9.17) is 4.74 Å². The van der Waals surface area contributed by atoms with E-state index in [1.165, 1.54) is 4.90 Å². The number of hydrogen-bond acceptors (Lipinski definition) is 3. The van der Waals surface area contributed by atoms with Crippen LogP contribution in [-0.2, 0) is 4.79 Å². The van der Waals surface area contributed by atoms with Gasteiger partial charge in [0.2, 0.25) is 0 Å². The van der Waals surface area contributed by atoms with E-state index in [1.807, 2.05) is 43.3 Å². The van der Waals surface area contributed by atoms with E-state index in [-0.39, 0.29) is 5.91 Å². The van der Waals surface area contributed by atoms with Crippen LogP contribution in [0.15, 0.2) is 48.5 Å². The summed E-state index contributed by atoms with van der Waals surface area (Å²) in [5.41, 5.74) is 2.29. The summed E-state index contributed by atoms with van der Waals surface area (Å²) in [7, 11) is 0. The van der Waals surface area contributed by atoms with Crippen molar-refractivity contribution in [3.05, 3.63) is 54.1 Å². The molecule has 2 aromatic carbocycles. The first-order valence-electron chi connectivity index (χ1n) is 8.48. The van der Waals surface area contributed by atoms with Gasteiger partial charge in [0, 0.05) is 17.7 Å². The Bertz CT molecular complexity index is 787. The van der Waals surface area contributed by atoms with Crippen LogP contribution in [0.4, 0.5) is 0 Å². The number of nitrogens with zero attached hydrogens (tertiary/aromatic N) is 1. The molecule has 1 amide bonds. The zero-order chi connectivity index (χ0) is 17.8. The van der Waals surface area contributed by atoms with Gasteiger partial charge in [-0.25, -0.2) is 4.79 Å². The molecule has 1 atom stereocenters. The van der Waals surface area contributed by atoms with Crippen molar-refractivity contribution >= 4 is 11.9 Å². The van der Waals surface area contributed by atoms with Crippen LogP contribution in [0.25, 0.3) is 11.1 Å². The van der Waals surface area contributed by atoms with Crippen LogP contribution in [0.2, 0.25) is 0 Å². The van der Waals surface area contributed by atoms with Crippen LogP contribution in [0.5, 0.6) is 5.75 Å². The van der Waals surface area contributed by atoms with Gasteiger partial charge in [0.1, 0.15) is 11.8 Å². The number of likely N-dealkylation sites (tertiary alicyclic amines) is 1. The van der Waals surface area contributed by atoms with E-state index in [0.717, 1.165) is 23.3 Å². The van der Waals surface area contributed by atoms with E-state index in [1.54, 1.807) is 12.1 Å². The standard InChI is InChI=1S/C20H21NO4/c1-2-25-18-11-4-3-9-16(18)14-7-5-8-15(13-14)19(22)21-12-6-10-17(21)20(23)24/h3-5,7-9,11,13,17H,2,6,10,12H2,1H3,(H,23,24)/t17-/m1/s1. The van der Waals surface area contributed by atoms with E-state index in [2.05, 4.69) is 0 Å².